The topological polar surface area (TPSA) is 117 Å². The predicted molar refractivity (Wildman–Crippen MR) is 55.0 cm³/mol. The number of H-pyrrole nitrogens is 1. The number of hydrogen-bond acceptors (Lipinski definition) is 5. The highest BCUT2D eigenvalue weighted by atomic mass is 16.6. The number of nitrogens with zero attached hydrogens (tertiary/aromatic N) is 2. The van der Waals surface area contributed by atoms with Crippen LogP contribution in [0.5, 0.6) is 0 Å². The first-order valence-electron chi connectivity index (χ1n) is 4.89. The van der Waals surface area contributed by atoms with Gasteiger partial charge in [0.05, 0.1) is 6.54 Å². The summed E-state index contributed by atoms with van der Waals surface area (Å²) in [6.45, 7) is 0.230. The minimum Gasteiger partial charge on any atom is -0.477 e. The summed E-state index contributed by atoms with van der Waals surface area (Å²) in [5, 5.41) is 14.5. The summed E-state index contributed by atoms with van der Waals surface area (Å²) in [7, 11) is 0. The van der Waals surface area contributed by atoms with Gasteiger partial charge in [-0.15, -0.1) is 0 Å². The van der Waals surface area contributed by atoms with Crippen LogP contribution in [0.25, 0.3) is 0 Å². The lowest BCUT2D eigenvalue weighted by Gasteiger charge is -2.07. The average Bonchev–Trinajstić information content (AvgIpc) is 2.96. The fourth-order valence-electron chi connectivity index (χ4n) is 1.32. The zero-order valence-electron chi connectivity index (χ0n) is 8.71. The van der Waals surface area contributed by atoms with Crippen LogP contribution in [0.2, 0.25) is 0 Å². The molecule has 0 bridgehead atoms. The molecule has 1 aromatic rings. The third kappa shape index (κ3) is 2.60. The summed E-state index contributed by atoms with van der Waals surface area (Å²) in [4.78, 5) is 33.6. The Labute approximate surface area is 95.7 Å². The molecule has 1 aromatic heterocycles. The molecule has 0 saturated carbocycles. The highest BCUT2D eigenvalue weighted by Crippen LogP contribution is 2.10. The van der Waals surface area contributed by atoms with Crippen molar-refractivity contribution in [2.75, 3.05) is 0 Å². The van der Waals surface area contributed by atoms with Gasteiger partial charge in [-0.3, -0.25) is 4.79 Å². The number of aromatic amines is 1. The van der Waals surface area contributed by atoms with Crippen molar-refractivity contribution >= 4 is 17.6 Å². The van der Waals surface area contributed by atoms with Crippen LogP contribution in [0.1, 0.15) is 12.2 Å². The van der Waals surface area contributed by atoms with E-state index in [-0.39, 0.29) is 18.7 Å². The quantitative estimate of drug-likeness (QED) is 0.638. The van der Waals surface area contributed by atoms with Crippen LogP contribution in [0.4, 0.5) is 0 Å². The first-order valence-corrected chi connectivity index (χ1v) is 4.89. The minimum atomic E-state index is -1.17. The first kappa shape index (κ1) is 11.1. The molecule has 0 spiro atoms. The van der Waals surface area contributed by atoms with Gasteiger partial charge in [-0.25, -0.2) is 9.78 Å². The molecule has 1 unspecified atom stereocenters. The van der Waals surface area contributed by atoms with Crippen LogP contribution in [0.3, 0.4) is 0 Å². The zero-order valence-corrected chi connectivity index (χ0v) is 8.71. The number of carbonyl (C=O) groups excluding carboxylic acids is 1. The summed E-state index contributed by atoms with van der Waals surface area (Å²) in [5.41, 5.74) is -0.150. The van der Waals surface area contributed by atoms with E-state index in [2.05, 4.69) is 20.4 Å². The molecule has 0 aromatic carbocycles. The maximum absolute atomic E-state index is 11.6. The second kappa shape index (κ2) is 4.64. The Balaban J connectivity index is 1.81. The number of aromatic nitrogens is 2. The van der Waals surface area contributed by atoms with Gasteiger partial charge < -0.3 is 20.2 Å². The number of hydrogen-bond donors (Lipinski definition) is 3. The molecule has 1 atom stereocenters. The van der Waals surface area contributed by atoms with E-state index < -0.39 is 18.0 Å². The largest absolute Gasteiger partial charge is 0.477 e. The summed E-state index contributed by atoms with van der Waals surface area (Å²) in [6, 6.07) is 0. The van der Waals surface area contributed by atoms with Gasteiger partial charge >= 0.3 is 5.97 Å². The Morgan fingerprint density at radius 1 is 1.65 bits per heavy atom. The number of rotatable bonds is 4. The van der Waals surface area contributed by atoms with E-state index >= 15 is 0 Å². The zero-order chi connectivity index (χ0) is 12.3. The monoisotopic (exact) mass is 238 g/mol. The number of carbonyl (C=O) groups is 2. The smallest absolute Gasteiger partial charge is 0.353 e. The standard InChI is InChI=1S/C9H10N4O4/c14-8(12-4-7-10-1-2-11-7)6-3-5(9(15)16)13-17-6/h1-2,6H,3-4H2,(H,10,11)(H,12,14)(H,15,16). The van der Waals surface area contributed by atoms with Crippen LogP contribution in [0.15, 0.2) is 17.5 Å². The second-order valence-electron chi connectivity index (χ2n) is 3.39. The van der Waals surface area contributed by atoms with Crippen molar-refractivity contribution < 1.29 is 19.5 Å². The normalized spacial score (nSPS) is 18.4. The molecule has 0 radical (unpaired) electrons. The molecule has 17 heavy (non-hydrogen) atoms. The Bertz CT molecular complexity index is 454. The molecular formula is C9H10N4O4. The van der Waals surface area contributed by atoms with Crippen molar-refractivity contribution in [3.8, 4) is 0 Å². The lowest BCUT2D eigenvalue weighted by molar-refractivity contribution is -0.131. The first-order chi connectivity index (χ1) is 8.16. The number of carboxylic acid groups (broad SMARTS) is 1. The number of oxime groups is 1. The van der Waals surface area contributed by atoms with Gasteiger partial charge in [-0.05, 0) is 0 Å². The summed E-state index contributed by atoms with van der Waals surface area (Å²) < 4.78 is 0. The SMILES string of the molecule is O=C(O)C1=NOC(C(=O)NCc2ncc[nH]2)C1. The minimum absolute atomic E-state index is 0.0285. The van der Waals surface area contributed by atoms with Crippen molar-refractivity contribution in [3.05, 3.63) is 18.2 Å². The fourth-order valence-corrected chi connectivity index (χ4v) is 1.32. The number of imidazole rings is 1. The maximum atomic E-state index is 11.6. The van der Waals surface area contributed by atoms with Gasteiger partial charge in [0.1, 0.15) is 5.82 Å². The number of aliphatic carboxylic acids is 1. The maximum Gasteiger partial charge on any atom is 0.353 e. The predicted octanol–water partition coefficient (Wildman–Crippen LogP) is -0.745. The summed E-state index contributed by atoms with van der Waals surface area (Å²) in [5.74, 6) is -0.983. The van der Waals surface area contributed by atoms with Gasteiger partial charge in [0, 0.05) is 18.8 Å². The van der Waals surface area contributed by atoms with E-state index in [4.69, 9.17) is 9.94 Å². The highest BCUT2D eigenvalue weighted by molar-refractivity contribution is 6.36. The molecule has 8 nitrogen and oxygen atoms in total. The summed E-state index contributed by atoms with van der Waals surface area (Å²) in [6.07, 6.45) is 2.30. The van der Waals surface area contributed by atoms with E-state index in [1.54, 1.807) is 12.4 Å². The average molecular weight is 238 g/mol. The summed E-state index contributed by atoms with van der Waals surface area (Å²) >= 11 is 0. The number of nitrogens with one attached hydrogen (secondary N) is 2. The van der Waals surface area contributed by atoms with E-state index in [0.717, 1.165) is 0 Å². The van der Waals surface area contributed by atoms with Gasteiger partial charge in [-0.2, -0.15) is 0 Å². The molecule has 1 amide bonds. The Morgan fingerprint density at radius 2 is 2.47 bits per heavy atom. The van der Waals surface area contributed by atoms with Crippen molar-refractivity contribution in [1.82, 2.24) is 15.3 Å². The van der Waals surface area contributed by atoms with Crippen LogP contribution in [-0.2, 0) is 21.0 Å². The van der Waals surface area contributed by atoms with Crippen LogP contribution in [-0.4, -0.2) is 38.8 Å². The molecule has 2 rings (SSSR count). The highest BCUT2D eigenvalue weighted by Gasteiger charge is 2.31. The van der Waals surface area contributed by atoms with Crippen LogP contribution >= 0.6 is 0 Å². The molecule has 90 valence electrons. The fraction of sp³-hybridized carbons (Fsp3) is 0.333. The van der Waals surface area contributed by atoms with E-state index in [1.807, 2.05) is 0 Å². The molecule has 0 saturated heterocycles. The molecule has 0 aliphatic carbocycles. The molecule has 8 heteroatoms. The molecule has 1 aliphatic heterocycles. The van der Waals surface area contributed by atoms with Gasteiger partial charge in [0.25, 0.3) is 5.91 Å². The molecule has 1 aliphatic rings. The van der Waals surface area contributed by atoms with Crippen molar-refractivity contribution in [2.45, 2.75) is 19.1 Å². The third-order valence-electron chi connectivity index (χ3n) is 2.19. The van der Waals surface area contributed by atoms with E-state index in [9.17, 15) is 9.59 Å². The van der Waals surface area contributed by atoms with E-state index in [0.29, 0.717) is 5.82 Å². The van der Waals surface area contributed by atoms with Crippen molar-refractivity contribution in [3.63, 3.8) is 0 Å². The molecular weight excluding hydrogens is 228 g/mol. The third-order valence-corrected chi connectivity index (χ3v) is 2.19. The van der Waals surface area contributed by atoms with Crippen LogP contribution < -0.4 is 5.32 Å². The van der Waals surface area contributed by atoms with Gasteiger partial charge in [0.15, 0.2) is 5.71 Å². The Hall–Kier alpha value is -2.38. The van der Waals surface area contributed by atoms with E-state index in [1.165, 1.54) is 0 Å². The molecule has 0 fully saturated rings. The van der Waals surface area contributed by atoms with Gasteiger partial charge in [0.2, 0.25) is 6.10 Å². The lowest BCUT2D eigenvalue weighted by Crippen LogP contribution is -2.35. The van der Waals surface area contributed by atoms with Crippen LogP contribution in [0, 0.1) is 0 Å². The lowest BCUT2D eigenvalue weighted by atomic mass is 10.2. The molecule has 2 heterocycles. The number of amides is 1. The van der Waals surface area contributed by atoms with Crippen molar-refractivity contribution in [2.24, 2.45) is 5.16 Å². The Morgan fingerprint density at radius 3 is 3.06 bits per heavy atom. The molecule has 3 N–H and O–H groups in total. The second-order valence-corrected chi connectivity index (χ2v) is 3.39. The van der Waals surface area contributed by atoms with Gasteiger partial charge in [-0.1, -0.05) is 5.16 Å². The Kier molecular flexibility index (Phi) is 3.03. The van der Waals surface area contributed by atoms with Crippen molar-refractivity contribution in [1.29, 1.82) is 0 Å². The number of carboxylic acids is 1.